The molecule has 0 N–H and O–H groups in total. The lowest BCUT2D eigenvalue weighted by atomic mass is 9.84. The Labute approximate surface area is 165 Å². The Balaban J connectivity index is 2.17. The van der Waals surface area contributed by atoms with Crippen molar-refractivity contribution in [3.63, 3.8) is 0 Å². The molecule has 2 heterocycles. The van der Waals surface area contributed by atoms with Gasteiger partial charge in [-0.25, -0.2) is 13.2 Å². The average molecular weight is 401 g/mol. The fraction of sp³-hybridized carbons (Fsp3) is 0.333. The van der Waals surface area contributed by atoms with Crippen LogP contribution in [0.2, 0.25) is 0 Å². The van der Waals surface area contributed by atoms with E-state index in [4.69, 9.17) is 9.47 Å². The van der Waals surface area contributed by atoms with E-state index >= 15 is 0 Å². The van der Waals surface area contributed by atoms with E-state index in [-0.39, 0.29) is 10.7 Å². The third-order valence-corrected chi connectivity index (χ3v) is 6.17. The van der Waals surface area contributed by atoms with E-state index < -0.39 is 21.4 Å². The summed E-state index contributed by atoms with van der Waals surface area (Å²) in [5.74, 6) is 0.0590. The molecular weight excluding hydrogens is 378 g/mol. The molecule has 1 aliphatic heterocycles. The molecule has 7 heteroatoms. The van der Waals surface area contributed by atoms with E-state index in [0.717, 1.165) is 6.26 Å². The van der Waals surface area contributed by atoms with Gasteiger partial charge in [-0.1, -0.05) is 26.0 Å². The highest BCUT2D eigenvalue weighted by Crippen LogP contribution is 2.45. The molecule has 2 aromatic rings. The number of hydrogen-bond acceptors (Lipinski definition) is 6. The molecule has 1 aliphatic rings. The fourth-order valence-electron chi connectivity index (χ4n) is 3.37. The van der Waals surface area contributed by atoms with Crippen LogP contribution in [0.3, 0.4) is 0 Å². The summed E-state index contributed by atoms with van der Waals surface area (Å²) in [7, 11) is -3.32. The summed E-state index contributed by atoms with van der Waals surface area (Å²) < 4.78 is 35.3. The van der Waals surface area contributed by atoms with Gasteiger partial charge in [0, 0.05) is 12.5 Å². The molecule has 0 bridgehead atoms. The number of benzene rings is 1. The molecule has 0 radical (unpaired) electrons. The molecule has 1 aromatic heterocycles. The number of ether oxygens (including phenoxy) is 2. The molecule has 0 atom stereocenters. The van der Waals surface area contributed by atoms with Crippen LogP contribution in [0, 0.1) is 6.92 Å². The molecule has 6 nitrogen and oxygen atoms in total. The van der Waals surface area contributed by atoms with Crippen LogP contribution >= 0.6 is 0 Å². The van der Waals surface area contributed by atoms with Crippen LogP contribution in [0.5, 0.6) is 5.75 Å². The van der Waals surface area contributed by atoms with Crippen LogP contribution in [0.25, 0.3) is 5.57 Å². The number of nitrogens with zero attached hydrogens (tertiary/aromatic N) is 1. The van der Waals surface area contributed by atoms with Gasteiger partial charge in [0.15, 0.2) is 9.84 Å². The second-order valence-electron chi connectivity index (χ2n) is 6.78. The summed E-state index contributed by atoms with van der Waals surface area (Å²) in [6, 6.07) is 9.91. The molecule has 0 saturated carbocycles. The Bertz CT molecular complexity index is 1030. The largest absolute Gasteiger partial charge is 0.448 e. The first kappa shape index (κ1) is 20.1. The van der Waals surface area contributed by atoms with Gasteiger partial charge in [0.05, 0.1) is 16.2 Å². The predicted octanol–water partition coefficient (Wildman–Crippen LogP) is 3.70. The lowest BCUT2D eigenvalue weighted by molar-refractivity contribution is -0.148. The molecule has 148 valence electrons. The third-order valence-electron chi connectivity index (χ3n) is 5.04. The van der Waals surface area contributed by atoms with Crippen LogP contribution < -0.4 is 4.74 Å². The number of carbonyl (C=O) groups is 1. The average Bonchev–Trinajstić information content (AvgIpc) is 2.95. The summed E-state index contributed by atoms with van der Waals surface area (Å²) in [4.78, 5) is 17.1. The van der Waals surface area contributed by atoms with Gasteiger partial charge in [0.25, 0.3) is 0 Å². The van der Waals surface area contributed by atoms with Crippen molar-refractivity contribution in [1.82, 2.24) is 4.98 Å². The predicted molar refractivity (Wildman–Crippen MR) is 105 cm³/mol. The second-order valence-corrected chi connectivity index (χ2v) is 8.80. The van der Waals surface area contributed by atoms with Crippen LogP contribution in [0.4, 0.5) is 0 Å². The number of aromatic nitrogens is 1. The fourth-order valence-corrected chi connectivity index (χ4v) is 4.01. The number of cyclic esters (lactones) is 1. The number of aryl methyl sites for hydroxylation is 1. The minimum absolute atomic E-state index is 0.118. The van der Waals surface area contributed by atoms with Crippen molar-refractivity contribution in [3.05, 3.63) is 59.6 Å². The summed E-state index contributed by atoms with van der Waals surface area (Å²) >= 11 is 0. The van der Waals surface area contributed by atoms with Crippen molar-refractivity contribution in [2.24, 2.45) is 0 Å². The van der Waals surface area contributed by atoms with Crippen molar-refractivity contribution in [3.8, 4) is 5.75 Å². The van der Waals surface area contributed by atoms with Crippen LogP contribution in [-0.2, 0) is 19.4 Å². The SMILES string of the molecule is CCC1(CC)OC(=O)C(Oc2cccnc2C)=C1c1ccc(S(C)(=O)=O)cc1. The first-order chi connectivity index (χ1) is 13.2. The Morgan fingerprint density at radius 3 is 2.29 bits per heavy atom. The van der Waals surface area contributed by atoms with Gasteiger partial charge in [-0.15, -0.1) is 0 Å². The molecule has 28 heavy (non-hydrogen) atoms. The number of pyridine rings is 1. The molecule has 0 unspecified atom stereocenters. The van der Waals surface area contributed by atoms with E-state index in [2.05, 4.69) is 4.98 Å². The molecule has 0 spiro atoms. The summed E-state index contributed by atoms with van der Waals surface area (Å²) in [6.45, 7) is 5.68. The van der Waals surface area contributed by atoms with Crippen LogP contribution in [0.1, 0.15) is 37.9 Å². The zero-order chi connectivity index (χ0) is 20.5. The van der Waals surface area contributed by atoms with Crippen LogP contribution in [0.15, 0.2) is 53.2 Å². The maximum Gasteiger partial charge on any atom is 0.375 e. The molecule has 3 rings (SSSR count). The highest BCUT2D eigenvalue weighted by molar-refractivity contribution is 7.90. The van der Waals surface area contributed by atoms with Crippen molar-refractivity contribution >= 4 is 21.4 Å². The third kappa shape index (κ3) is 3.54. The van der Waals surface area contributed by atoms with Gasteiger partial charge in [0.1, 0.15) is 11.4 Å². The maximum atomic E-state index is 12.7. The van der Waals surface area contributed by atoms with Gasteiger partial charge in [-0.05, 0) is 49.6 Å². The Kier molecular flexibility index (Phi) is 5.30. The number of sulfone groups is 1. The number of rotatable bonds is 6. The zero-order valence-corrected chi connectivity index (χ0v) is 17.2. The molecule has 0 aliphatic carbocycles. The lowest BCUT2D eigenvalue weighted by Gasteiger charge is -2.28. The van der Waals surface area contributed by atoms with Gasteiger partial charge >= 0.3 is 5.97 Å². The highest BCUT2D eigenvalue weighted by Gasteiger charge is 2.47. The minimum Gasteiger partial charge on any atom is -0.448 e. The quantitative estimate of drug-likeness (QED) is 0.687. The van der Waals surface area contributed by atoms with Gasteiger partial charge in [-0.2, -0.15) is 0 Å². The van der Waals surface area contributed by atoms with E-state index in [0.29, 0.717) is 35.4 Å². The van der Waals surface area contributed by atoms with E-state index in [1.165, 1.54) is 12.1 Å². The lowest BCUT2D eigenvalue weighted by Crippen LogP contribution is -2.29. The van der Waals surface area contributed by atoms with E-state index in [1.807, 2.05) is 13.8 Å². The number of hydrogen-bond donors (Lipinski definition) is 0. The topological polar surface area (TPSA) is 82.6 Å². The molecule has 0 amide bonds. The van der Waals surface area contributed by atoms with Gasteiger partial charge in [-0.3, -0.25) is 4.98 Å². The summed E-state index contributed by atoms with van der Waals surface area (Å²) in [5.41, 5.74) is 1.15. The Hall–Kier alpha value is -2.67. The van der Waals surface area contributed by atoms with Crippen LogP contribution in [-0.4, -0.2) is 31.2 Å². The molecule has 0 saturated heterocycles. The molecular formula is C21H23NO5S. The molecule has 0 fully saturated rings. The van der Waals surface area contributed by atoms with Crippen molar-refractivity contribution in [1.29, 1.82) is 0 Å². The Morgan fingerprint density at radius 1 is 1.11 bits per heavy atom. The number of esters is 1. The minimum atomic E-state index is -3.32. The van der Waals surface area contributed by atoms with Crippen molar-refractivity contribution in [2.75, 3.05) is 6.26 Å². The normalized spacial score (nSPS) is 16.2. The van der Waals surface area contributed by atoms with Gasteiger partial charge in [0.2, 0.25) is 5.76 Å². The summed E-state index contributed by atoms with van der Waals surface area (Å²) in [5, 5.41) is 0. The Morgan fingerprint density at radius 2 is 1.75 bits per heavy atom. The van der Waals surface area contributed by atoms with E-state index in [1.54, 1.807) is 37.4 Å². The summed E-state index contributed by atoms with van der Waals surface area (Å²) in [6.07, 6.45) is 3.94. The van der Waals surface area contributed by atoms with Crippen molar-refractivity contribution < 1.29 is 22.7 Å². The second kappa shape index (κ2) is 7.39. The first-order valence-corrected chi connectivity index (χ1v) is 11.0. The maximum absolute atomic E-state index is 12.7. The smallest absolute Gasteiger partial charge is 0.375 e. The monoisotopic (exact) mass is 401 g/mol. The van der Waals surface area contributed by atoms with Crippen molar-refractivity contribution in [2.45, 2.75) is 44.1 Å². The van der Waals surface area contributed by atoms with Gasteiger partial charge < -0.3 is 9.47 Å². The zero-order valence-electron chi connectivity index (χ0n) is 16.4. The first-order valence-electron chi connectivity index (χ1n) is 9.10. The highest BCUT2D eigenvalue weighted by atomic mass is 32.2. The number of carbonyl (C=O) groups excluding carboxylic acids is 1. The van der Waals surface area contributed by atoms with E-state index in [9.17, 15) is 13.2 Å². The standard InChI is InChI=1S/C21H23NO5S/c1-5-21(6-2)18(15-9-11-16(12-10-15)28(4,24)25)19(20(23)27-21)26-17-8-7-13-22-14(17)3/h7-13H,5-6H2,1-4H3. The molecule has 1 aromatic carbocycles.